The fourth-order valence-electron chi connectivity index (χ4n) is 17.2. The lowest BCUT2D eigenvalue weighted by molar-refractivity contribution is 1.14. The SMILES string of the molecule is c1ccc(-c2cc(-c3ccc(-n4c5ccccc5c5cccnc54)cc3)cc(-c3ccc4ccccc4c3)n2)nc1.c1ccc(-c2cc(-c3ccc(-n4c5ccccc5c5ccncc54)cc3)cc(-c3ccc4ccccc4c3)n2)nc1.c1ccc(-c2cc(-c3ccc(-n4c5ccccc5c5cnccc54)cc3)cc(-c3ccc4ccccc4c3)n2)nc1. The maximum atomic E-state index is 5.06. The largest absolute Gasteiger partial charge is 0.309 e. The number of hydrogen-bond acceptors (Lipinski definition) is 9. The van der Waals surface area contributed by atoms with Gasteiger partial charge in [0.05, 0.1) is 85.0 Å². The predicted octanol–water partition coefficient (Wildman–Crippen LogP) is 27.4. The topological polar surface area (TPSA) is 131 Å². The lowest BCUT2D eigenvalue weighted by Gasteiger charge is -2.12. The summed E-state index contributed by atoms with van der Waals surface area (Å²) in [6.07, 6.45) is 14.9. The van der Waals surface area contributed by atoms with Gasteiger partial charge >= 0.3 is 0 Å². The maximum absolute atomic E-state index is 5.06. The first kappa shape index (κ1) is 72.6. The molecule has 24 rings (SSSR count). The van der Waals surface area contributed by atoms with E-state index in [-0.39, 0.29) is 0 Å². The molecule has 0 amide bonds. The second-order valence-electron chi connectivity index (χ2n) is 30.6. The highest BCUT2D eigenvalue weighted by molar-refractivity contribution is 6.11. The van der Waals surface area contributed by atoms with E-state index in [2.05, 4.69) is 366 Å². The van der Waals surface area contributed by atoms with Crippen molar-refractivity contribution >= 4 is 97.9 Å². The Morgan fingerprint density at radius 2 is 0.480 bits per heavy atom. The molecule has 24 aromatic rings. The first-order valence-corrected chi connectivity index (χ1v) is 41.1. The van der Waals surface area contributed by atoms with Gasteiger partial charge in [0.25, 0.3) is 0 Å². The molecule has 12 aromatic heterocycles. The highest BCUT2D eigenvalue weighted by atomic mass is 15.0. The van der Waals surface area contributed by atoms with E-state index in [9.17, 15) is 0 Å². The molecule has 0 bridgehead atoms. The highest BCUT2D eigenvalue weighted by Gasteiger charge is 2.20. The van der Waals surface area contributed by atoms with Crippen molar-refractivity contribution in [1.82, 2.24) is 58.6 Å². The zero-order valence-corrected chi connectivity index (χ0v) is 66.4. The molecule has 0 saturated carbocycles. The standard InChI is InChI=1S/3C37H24N4/c1-2-9-27-22-28(15-14-25(27)8-1)34-23-29(24-35(40-34)33-12-5-6-20-38-33)26-16-18-30(19-17-26)41-36-13-4-3-10-31(36)32-11-7-21-39-37(32)41;1-2-8-27-21-28(13-12-25(27)7-1)34-22-29(23-35(40-34)33-10-5-6-19-39-33)26-14-16-30(17-15-26)41-36-11-4-3-9-31(36)32-24-38-20-18-37(32)41;1-2-8-27-21-28(13-12-25(27)7-1)34-22-29(23-35(40-34)33-10-5-6-19-39-33)26-14-16-30(17-15-26)41-36-11-4-3-9-31(36)32-18-20-38-24-37(32)41/h3*1-24H. The molecule has 0 aliphatic heterocycles. The van der Waals surface area contributed by atoms with E-state index in [0.29, 0.717) is 0 Å². The molecule has 576 valence electrons. The second kappa shape index (κ2) is 31.6. The van der Waals surface area contributed by atoms with Crippen LogP contribution in [-0.2, 0) is 0 Å². The minimum atomic E-state index is 0.849. The van der Waals surface area contributed by atoms with Crippen molar-refractivity contribution in [3.63, 3.8) is 0 Å². The van der Waals surface area contributed by atoms with Gasteiger partial charge in [0.1, 0.15) is 5.65 Å². The van der Waals surface area contributed by atoms with Crippen LogP contribution >= 0.6 is 0 Å². The number of hydrogen-bond donors (Lipinski definition) is 0. The summed E-state index contributed by atoms with van der Waals surface area (Å²) in [6.45, 7) is 0. The maximum Gasteiger partial charge on any atom is 0.145 e. The Morgan fingerprint density at radius 1 is 0.163 bits per heavy atom. The molecule has 0 aliphatic carbocycles. The van der Waals surface area contributed by atoms with Crippen LogP contribution in [0.1, 0.15) is 0 Å². The molecule has 0 aliphatic rings. The number of rotatable bonds is 12. The molecule has 12 nitrogen and oxygen atoms in total. The summed E-state index contributed by atoms with van der Waals surface area (Å²) >= 11 is 0. The molecule has 0 unspecified atom stereocenters. The van der Waals surface area contributed by atoms with E-state index in [1.807, 2.05) is 110 Å². The van der Waals surface area contributed by atoms with Crippen molar-refractivity contribution in [3.8, 4) is 118 Å². The Hall–Kier alpha value is -16.8. The third-order valence-corrected chi connectivity index (χ3v) is 23.2. The molecule has 12 heterocycles. The Morgan fingerprint density at radius 3 is 0.919 bits per heavy atom. The van der Waals surface area contributed by atoms with Crippen molar-refractivity contribution in [1.29, 1.82) is 0 Å². The molecule has 0 N–H and O–H groups in total. The van der Waals surface area contributed by atoms with Crippen molar-refractivity contribution in [3.05, 3.63) is 438 Å². The predicted molar refractivity (Wildman–Crippen MR) is 504 cm³/mol. The minimum absolute atomic E-state index is 0.849. The third kappa shape index (κ3) is 14.0. The van der Waals surface area contributed by atoms with Gasteiger partial charge in [0.2, 0.25) is 0 Å². The van der Waals surface area contributed by atoms with E-state index in [4.69, 9.17) is 19.9 Å². The van der Waals surface area contributed by atoms with Crippen LogP contribution in [-0.4, -0.2) is 58.6 Å². The van der Waals surface area contributed by atoms with Crippen molar-refractivity contribution in [2.45, 2.75) is 0 Å². The zero-order chi connectivity index (χ0) is 81.5. The fourth-order valence-corrected chi connectivity index (χ4v) is 17.2. The Balaban J connectivity index is 0.000000110. The van der Waals surface area contributed by atoms with Gasteiger partial charge in [-0.2, -0.15) is 0 Å². The van der Waals surface area contributed by atoms with E-state index < -0.39 is 0 Å². The summed E-state index contributed by atoms with van der Waals surface area (Å²) in [6, 6.07) is 136. The van der Waals surface area contributed by atoms with Gasteiger partial charge in [-0.15, -0.1) is 0 Å². The van der Waals surface area contributed by atoms with Gasteiger partial charge in [-0.05, 0) is 236 Å². The van der Waals surface area contributed by atoms with E-state index in [1.54, 1.807) is 0 Å². The summed E-state index contributed by atoms with van der Waals surface area (Å²) in [5, 5.41) is 14.4. The Kier molecular flexibility index (Phi) is 18.6. The minimum Gasteiger partial charge on any atom is -0.309 e. The molecule has 12 aromatic carbocycles. The highest BCUT2D eigenvalue weighted by Crippen LogP contribution is 2.40. The Bertz CT molecular complexity index is 7190. The third-order valence-electron chi connectivity index (χ3n) is 23.2. The molecular weight excluding hydrogens is 1500 g/mol. The number of pyridine rings is 9. The summed E-state index contributed by atoms with van der Waals surface area (Å²) < 4.78 is 6.83. The van der Waals surface area contributed by atoms with Gasteiger partial charge in [-0.1, -0.05) is 218 Å². The van der Waals surface area contributed by atoms with Crippen LogP contribution in [0.3, 0.4) is 0 Å². The van der Waals surface area contributed by atoms with Crippen molar-refractivity contribution < 1.29 is 0 Å². The number of benzene rings is 12. The van der Waals surface area contributed by atoms with Gasteiger partial charge < -0.3 is 9.13 Å². The quantitative estimate of drug-likeness (QED) is 0.117. The number of para-hydroxylation sites is 3. The van der Waals surface area contributed by atoms with Crippen LogP contribution in [0.25, 0.3) is 216 Å². The average molecular weight is 1570 g/mol. The van der Waals surface area contributed by atoms with Crippen LogP contribution in [0.4, 0.5) is 0 Å². The molecule has 12 heteroatoms. The van der Waals surface area contributed by atoms with Crippen LogP contribution in [0, 0.1) is 0 Å². The summed E-state index contributed by atoms with van der Waals surface area (Å²) in [4.78, 5) is 42.5. The first-order chi connectivity index (χ1) is 60.9. The molecule has 0 radical (unpaired) electrons. The van der Waals surface area contributed by atoms with Crippen LogP contribution < -0.4 is 0 Å². The van der Waals surface area contributed by atoms with Gasteiger partial charge in [0, 0.05) is 109 Å². The van der Waals surface area contributed by atoms with Crippen molar-refractivity contribution in [2.75, 3.05) is 0 Å². The smallest absolute Gasteiger partial charge is 0.145 e. The monoisotopic (exact) mass is 1570 g/mol. The number of fused-ring (bicyclic) bond motifs is 12. The molecule has 123 heavy (non-hydrogen) atoms. The molecule has 0 saturated heterocycles. The van der Waals surface area contributed by atoms with Crippen LogP contribution in [0.2, 0.25) is 0 Å². The van der Waals surface area contributed by atoms with Crippen LogP contribution in [0.15, 0.2) is 438 Å². The summed E-state index contributed by atoms with van der Waals surface area (Å²) in [5.74, 6) is 0. The summed E-state index contributed by atoms with van der Waals surface area (Å²) in [5.41, 5.74) is 27.7. The number of nitrogens with zero attached hydrogens (tertiary/aromatic N) is 12. The lowest BCUT2D eigenvalue weighted by atomic mass is 9.99. The Labute approximate surface area is 708 Å². The fraction of sp³-hybridized carbons (Fsp3) is 0. The van der Waals surface area contributed by atoms with Gasteiger partial charge in [-0.3, -0.25) is 29.5 Å². The lowest BCUT2D eigenvalue weighted by Crippen LogP contribution is -1.96. The normalized spacial score (nSPS) is 11.4. The summed E-state index contributed by atoms with van der Waals surface area (Å²) in [7, 11) is 0. The van der Waals surface area contributed by atoms with Crippen LogP contribution in [0.5, 0.6) is 0 Å². The molecular formula is C111H72N12. The van der Waals surface area contributed by atoms with Gasteiger partial charge in [-0.25, -0.2) is 19.9 Å². The van der Waals surface area contributed by atoms with E-state index >= 15 is 0 Å². The first-order valence-electron chi connectivity index (χ1n) is 41.1. The second-order valence-corrected chi connectivity index (χ2v) is 30.6. The molecule has 0 atom stereocenters. The molecule has 0 spiro atoms. The number of aromatic nitrogens is 12. The van der Waals surface area contributed by atoms with Gasteiger partial charge in [0.15, 0.2) is 0 Å². The van der Waals surface area contributed by atoms with E-state index in [1.165, 1.54) is 64.9 Å². The molecule has 0 fully saturated rings. The average Bonchev–Trinajstić information content (AvgIpc) is 1.62. The zero-order valence-electron chi connectivity index (χ0n) is 66.4. The van der Waals surface area contributed by atoms with Crippen molar-refractivity contribution in [2.24, 2.45) is 0 Å². The van der Waals surface area contributed by atoms with E-state index in [0.717, 1.165) is 151 Å².